The summed E-state index contributed by atoms with van der Waals surface area (Å²) >= 11 is 0. The second-order valence-electron chi connectivity index (χ2n) is 3.53. The highest BCUT2D eigenvalue weighted by molar-refractivity contribution is 5.40. The van der Waals surface area contributed by atoms with Crippen LogP contribution in [0, 0.1) is 19.7 Å². The number of aromatic nitrogens is 2. The first-order valence-electron chi connectivity index (χ1n) is 4.63. The number of aromatic amines is 1. The van der Waals surface area contributed by atoms with Crippen LogP contribution in [-0.2, 0) is 0 Å². The maximum Gasteiger partial charge on any atom is 0.264 e. The van der Waals surface area contributed by atoms with Crippen molar-refractivity contribution >= 4 is 0 Å². The molecule has 0 amide bonds. The highest BCUT2D eigenvalue weighted by Gasteiger charge is 2.05. The van der Waals surface area contributed by atoms with Gasteiger partial charge in [0.25, 0.3) is 5.56 Å². The zero-order chi connectivity index (χ0) is 11.0. The van der Waals surface area contributed by atoms with Crippen LogP contribution < -0.4 is 5.56 Å². The van der Waals surface area contributed by atoms with E-state index in [2.05, 4.69) is 5.10 Å². The molecule has 0 unspecified atom stereocenters. The van der Waals surface area contributed by atoms with E-state index in [-0.39, 0.29) is 11.4 Å². The lowest BCUT2D eigenvalue weighted by Gasteiger charge is -2.08. The van der Waals surface area contributed by atoms with Gasteiger partial charge in [0.2, 0.25) is 0 Å². The number of nitrogens with zero attached hydrogens (tertiary/aromatic N) is 1. The molecule has 1 aromatic heterocycles. The largest absolute Gasteiger partial charge is 0.268 e. The number of nitrogens with one attached hydrogen (secondary N) is 1. The van der Waals surface area contributed by atoms with E-state index < -0.39 is 0 Å². The fraction of sp³-hybridized carbons (Fsp3) is 0.182. The Hall–Kier alpha value is -1.84. The average molecular weight is 206 g/mol. The first kappa shape index (κ1) is 9.71. The SMILES string of the molecule is Cc1cc(F)ccc1-n1[nH]c(=O)cc1C. The number of H-pyrrole nitrogens is 1. The van der Waals surface area contributed by atoms with E-state index in [1.807, 2.05) is 6.92 Å². The van der Waals surface area contributed by atoms with Gasteiger partial charge in [0.05, 0.1) is 5.69 Å². The standard InChI is InChI=1S/C11H11FN2O/c1-7-5-9(12)3-4-10(7)14-8(2)6-11(15)13-14/h3-6H,1-2H3,(H,13,15). The Morgan fingerprint density at radius 1 is 1.27 bits per heavy atom. The van der Waals surface area contributed by atoms with Crippen molar-refractivity contribution < 1.29 is 4.39 Å². The topological polar surface area (TPSA) is 37.8 Å². The summed E-state index contributed by atoms with van der Waals surface area (Å²) in [5, 5.41) is 2.66. The van der Waals surface area contributed by atoms with Crippen LogP contribution in [0.5, 0.6) is 0 Å². The third kappa shape index (κ3) is 1.70. The molecule has 0 aliphatic rings. The van der Waals surface area contributed by atoms with Crippen molar-refractivity contribution in [2.45, 2.75) is 13.8 Å². The number of aryl methyl sites for hydroxylation is 2. The molecule has 1 aromatic carbocycles. The Kier molecular flexibility index (Phi) is 2.19. The van der Waals surface area contributed by atoms with Gasteiger partial charge in [-0.15, -0.1) is 0 Å². The van der Waals surface area contributed by atoms with Crippen LogP contribution in [-0.4, -0.2) is 9.78 Å². The molecular formula is C11H11FN2O. The van der Waals surface area contributed by atoms with E-state index >= 15 is 0 Å². The predicted molar refractivity (Wildman–Crippen MR) is 55.8 cm³/mol. The first-order valence-corrected chi connectivity index (χ1v) is 4.63. The van der Waals surface area contributed by atoms with E-state index in [1.165, 1.54) is 18.2 Å². The van der Waals surface area contributed by atoms with Crippen LogP contribution in [0.3, 0.4) is 0 Å². The molecule has 4 heteroatoms. The van der Waals surface area contributed by atoms with Crippen LogP contribution >= 0.6 is 0 Å². The van der Waals surface area contributed by atoms with E-state index in [9.17, 15) is 9.18 Å². The smallest absolute Gasteiger partial charge is 0.264 e. The molecule has 0 atom stereocenters. The molecule has 0 aliphatic heterocycles. The van der Waals surface area contributed by atoms with Gasteiger partial charge in [-0.05, 0) is 37.6 Å². The number of halogens is 1. The van der Waals surface area contributed by atoms with Gasteiger partial charge in [0.15, 0.2) is 0 Å². The summed E-state index contributed by atoms with van der Waals surface area (Å²) in [5.41, 5.74) is 2.21. The van der Waals surface area contributed by atoms with Crippen molar-refractivity contribution in [2.24, 2.45) is 0 Å². The number of benzene rings is 1. The molecule has 15 heavy (non-hydrogen) atoms. The summed E-state index contributed by atoms with van der Waals surface area (Å²) in [6.45, 7) is 3.62. The molecule has 0 aliphatic carbocycles. The van der Waals surface area contributed by atoms with Crippen LogP contribution in [0.25, 0.3) is 5.69 Å². The van der Waals surface area contributed by atoms with Gasteiger partial charge in [-0.1, -0.05) is 0 Å². The Balaban J connectivity index is 2.64. The van der Waals surface area contributed by atoms with Gasteiger partial charge < -0.3 is 0 Å². The average Bonchev–Trinajstić information content (AvgIpc) is 2.45. The monoisotopic (exact) mass is 206 g/mol. The van der Waals surface area contributed by atoms with Crippen molar-refractivity contribution in [3.8, 4) is 5.69 Å². The summed E-state index contributed by atoms with van der Waals surface area (Å²) in [7, 11) is 0. The molecule has 0 spiro atoms. The van der Waals surface area contributed by atoms with Crippen molar-refractivity contribution in [2.75, 3.05) is 0 Å². The fourth-order valence-electron chi connectivity index (χ4n) is 1.60. The van der Waals surface area contributed by atoms with Crippen molar-refractivity contribution in [1.82, 2.24) is 9.78 Å². The lowest BCUT2D eigenvalue weighted by atomic mass is 10.2. The second-order valence-corrected chi connectivity index (χ2v) is 3.53. The van der Waals surface area contributed by atoms with Gasteiger partial charge in [0.1, 0.15) is 5.82 Å². The van der Waals surface area contributed by atoms with Crippen molar-refractivity contribution in [1.29, 1.82) is 0 Å². The quantitative estimate of drug-likeness (QED) is 0.760. The predicted octanol–water partition coefficient (Wildman–Crippen LogP) is 1.92. The molecule has 3 nitrogen and oxygen atoms in total. The maximum atomic E-state index is 12.9. The highest BCUT2D eigenvalue weighted by atomic mass is 19.1. The lowest BCUT2D eigenvalue weighted by molar-refractivity contribution is 0.625. The van der Waals surface area contributed by atoms with E-state index in [1.54, 1.807) is 17.7 Å². The normalized spacial score (nSPS) is 10.6. The molecule has 0 radical (unpaired) electrons. The van der Waals surface area contributed by atoms with Gasteiger partial charge in [-0.3, -0.25) is 14.6 Å². The number of hydrogen-bond acceptors (Lipinski definition) is 1. The molecule has 1 N–H and O–H groups in total. The van der Waals surface area contributed by atoms with Gasteiger partial charge in [-0.25, -0.2) is 4.39 Å². The fourth-order valence-corrected chi connectivity index (χ4v) is 1.60. The molecule has 0 fully saturated rings. The van der Waals surface area contributed by atoms with E-state index in [0.717, 1.165) is 16.9 Å². The van der Waals surface area contributed by atoms with Crippen LogP contribution in [0.4, 0.5) is 4.39 Å². The van der Waals surface area contributed by atoms with Crippen LogP contribution in [0.2, 0.25) is 0 Å². The zero-order valence-electron chi connectivity index (χ0n) is 8.54. The molecule has 1 heterocycles. The minimum absolute atomic E-state index is 0.156. The Morgan fingerprint density at radius 3 is 2.53 bits per heavy atom. The highest BCUT2D eigenvalue weighted by Crippen LogP contribution is 2.15. The van der Waals surface area contributed by atoms with E-state index in [4.69, 9.17) is 0 Å². The summed E-state index contributed by atoms with van der Waals surface area (Å²) in [6.07, 6.45) is 0. The maximum absolute atomic E-state index is 12.9. The second kappa shape index (κ2) is 3.38. The Labute approximate surface area is 86.2 Å². The molecule has 2 rings (SSSR count). The molecule has 78 valence electrons. The third-order valence-corrected chi connectivity index (χ3v) is 2.31. The van der Waals surface area contributed by atoms with Crippen molar-refractivity contribution in [3.05, 3.63) is 51.7 Å². The summed E-state index contributed by atoms with van der Waals surface area (Å²) < 4.78 is 14.5. The molecular weight excluding hydrogens is 195 g/mol. The Morgan fingerprint density at radius 2 is 2.00 bits per heavy atom. The zero-order valence-corrected chi connectivity index (χ0v) is 8.54. The third-order valence-electron chi connectivity index (χ3n) is 2.31. The van der Waals surface area contributed by atoms with Gasteiger partial charge in [-0.2, -0.15) is 0 Å². The molecule has 0 saturated heterocycles. The molecule has 0 bridgehead atoms. The lowest BCUT2D eigenvalue weighted by Crippen LogP contribution is -2.05. The minimum Gasteiger partial charge on any atom is -0.268 e. The van der Waals surface area contributed by atoms with Crippen LogP contribution in [0.15, 0.2) is 29.1 Å². The minimum atomic E-state index is -0.275. The van der Waals surface area contributed by atoms with Gasteiger partial charge in [0, 0.05) is 11.8 Å². The number of rotatable bonds is 1. The summed E-state index contributed by atoms with van der Waals surface area (Å²) in [4.78, 5) is 11.1. The van der Waals surface area contributed by atoms with Crippen molar-refractivity contribution in [3.63, 3.8) is 0 Å². The first-order chi connectivity index (χ1) is 7.08. The van der Waals surface area contributed by atoms with E-state index in [0.29, 0.717) is 0 Å². The van der Waals surface area contributed by atoms with Crippen LogP contribution in [0.1, 0.15) is 11.3 Å². The molecule has 2 aromatic rings. The number of hydrogen-bond donors (Lipinski definition) is 1. The summed E-state index contributed by atoms with van der Waals surface area (Å²) in [5.74, 6) is -0.275. The summed E-state index contributed by atoms with van der Waals surface area (Å²) in [6, 6.07) is 5.96. The Bertz CT molecular complexity index is 554. The molecule has 0 saturated carbocycles. The van der Waals surface area contributed by atoms with Gasteiger partial charge >= 0.3 is 0 Å².